The monoisotopic (exact) mass is 429 g/mol. The smallest absolute Gasteiger partial charge is 0.191 e. The number of hydrogen-bond acceptors (Lipinski definition) is 5. The molecule has 1 aromatic heterocycles. The topological polar surface area (TPSA) is 88.3 Å². The average Bonchev–Trinajstić information content (AvgIpc) is 3.29. The Bertz CT molecular complexity index is 786. The van der Waals surface area contributed by atoms with Crippen LogP contribution in [-0.2, 0) is 11.2 Å². The standard InChI is InChI=1S/C24H35N3O4/c1-18(2)31-21-9-5-7-19(15-21)23(28)17-27-24(25-12-11-20-10-6-14-29-20)26-16-22-8-3-4-13-30-22/h5-7,9-10,14-15,18,22-23,28H,3-4,8,11-13,16-17H2,1-2H3,(H2,25,26,27). The summed E-state index contributed by atoms with van der Waals surface area (Å²) in [5.74, 6) is 2.33. The van der Waals surface area contributed by atoms with E-state index in [9.17, 15) is 5.11 Å². The lowest BCUT2D eigenvalue weighted by atomic mass is 10.1. The van der Waals surface area contributed by atoms with Crippen LogP contribution in [-0.4, -0.2) is 49.5 Å². The number of ether oxygens (including phenoxy) is 2. The molecule has 0 spiro atoms. The van der Waals surface area contributed by atoms with Crippen molar-refractivity contribution in [2.45, 2.75) is 57.8 Å². The van der Waals surface area contributed by atoms with Crippen LogP contribution in [0.25, 0.3) is 0 Å². The van der Waals surface area contributed by atoms with Gasteiger partial charge in [-0.1, -0.05) is 12.1 Å². The number of nitrogens with one attached hydrogen (secondary N) is 2. The third kappa shape index (κ3) is 8.26. The summed E-state index contributed by atoms with van der Waals surface area (Å²) in [4.78, 5) is 4.61. The Morgan fingerprint density at radius 2 is 2.13 bits per heavy atom. The second-order valence-electron chi connectivity index (χ2n) is 8.07. The number of aliphatic imine (C=N–C) groups is 1. The molecule has 1 aliphatic rings. The molecule has 1 aliphatic heterocycles. The lowest BCUT2D eigenvalue weighted by Gasteiger charge is -2.24. The Hall–Kier alpha value is -2.51. The van der Waals surface area contributed by atoms with Crippen LogP contribution in [0.3, 0.4) is 0 Å². The van der Waals surface area contributed by atoms with Crippen LogP contribution in [0, 0.1) is 0 Å². The maximum atomic E-state index is 10.7. The van der Waals surface area contributed by atoms with Crippen LogP contribution in [0.15, 0.2) is 52.1 Å². The van der Waals surface area contributed by atoms with Crippen molar-refractivity contribution in [3.05, 3.63) is 54.0 Å². The molecular formula is C24H35N3O4. The number of guanidine groups is 1. The molecule has 0 aliphatic carbocycles. The van der Waals surface area contributed by atoms with Gasteiger partial charge in [-0.3, -0.25) is 4.99 Å². The summed E-state index contributed by atoms with van der Waals surface area (Å²) in [6, 6.07) is 11.4. The maximum absolute atomic E-state index is 10.7. The molecule has 3 rings (SSSR count). The Kier molecular flexibility index (Phi) is 9.24. The van der Waals surface area contributed by atoms with Crippen LogP contribution >= 0.6 is 0 Å². The normalized spacial score (nSPS) is 18.1. The van der Waals surface area contributed by atoms with Crippen molar-refractivity contribution < 1.29 is 19.0 Å². The van der Waals surface area contributed by atoms with Crippen molar-refractivity contribution in [2.24, 2.45) is 4.99 Å². The highest BCUT2D eigenvalue weighted by Gasteiger charge is 2.15. The van der Waals surface area contributed by atoms with E-state index in [-0.39, 0.29) is 18.8 Å². The predicted molar refractivity (Wildman–Crippen MR) is 121 cm³/mol. The average molecular weight is 430 g/mol. The van der Waals surface area contributed by atoms with E-state index in [4.69, 9.17) is 13.9 Å². The highest BCUT2D eigenvalue weighted by Crippen LogP contribution is 2.20. The number of benzene rings is 1. The molecule has 2 unspecified atom stereocenters. The van der Waals surface area contributed by atoms with Gasteiger partial charge in [0.05, 0.1) is 31.1 Å². The Morgan fingerprint density at radius 3 is 2.87 bits per heavy atom. The molecule has 3 N–H and O–H groups in total. The summed E-state index contributed by atoms with van der Waals surface area (Å²) in [6.45, 7) is 6.40. The van der Waals surface area contributed by atoms with E-state index in [0.29, 0.717) is 19.0 Å². The number of furan rings is 1. The van der Waals surface area contributed by atoms with E-state index in [1.54, 1.807) is 6.26 Å². The van der Waals surface area contributed by atoms with Crippen LogP contribution in [0.1, 0.15) is 50.5 Å². The summed E-state index contributed by atoms with van der Waals surface area (Å²) >= 11 is 0. The molecule has 2 atom stereocenters. The van der Waals surface area contributed by atoms with E-state index in [1.165, 1.54) is 6.42 Å². The van der Waals surface area contributed by atoms with E-state index >= 15 is 0 Å². The molecule has 7 nitrogen and oxygen atoms in total. The van der Waals surface area contributed by atoms with Gasteiger partial charge in [0, 0.05) is 26.1 Å². The largest absolute Gasteiger partial charge is 0.491 e. The summed E-state index contributed by atoms with van der Waals surface area (Å²) in [5.41, 5.74) is 0.785. The second-order valence-corrected chi connectivity index (χ2v) is 8.07. The van der Waals surface area contributed by atoms with E-state index in [2.05, 4.69) is 15.6 Å². The van der Waals surface area contributed by atoms with Gasteiger partial charge in [0.2, 0.25) is 0 Å². The van der Waals surface area contributed by atoms with Gasteiger partial charge >= 0.3 is 0 Å². The van der Waals surface area contributed by atoms with Crippen LogP contribution in [0.2, 0.25) is 0 Å². The molecule has 0 bridgehead atoms. The molecular weight excluding hydrogens is 394 g/mol. The van der Waals surface area contributed by atoms with Gasteiger partial charge in [0.25, 0.3) is 0 Å². The van der Waals surface area contributed by atoms with E-state index < -0.39 is 6.10 Å². The Labute approximate surface area is 184 Å². The molecule has 2 heterocycles. The fourth-order valence-electron chi connectivity index (χ4n) is 3.46. The van der Waals surface area contributed by atoms with Gasteiger partial charge in [-0.25, -0.2) is 0 Å². The van der Waals surface area contributed by atoms with Gasteiger partial charge in [0.1, 0.15) is 11.5 Å². The highest BCUT2D eigenvalue weighted by atomic mass is 16.5. The van der Waals surface area contributed by atoms with Crippen molar-refractivity contribution in [1.82, 2.24) is 10.6 Å². The lowest BCUT2D eigenvalue weighted by molar-refractivity contribution is 0.0194. The molecule has 1 fully saturated rings. The van der Waals surface area contributed by atoms with E-state index in [0.717, 1.165) is 42.9 Å². The molecule has 0 radical (unpaired) electrons. The third-order valence-electron chi connectivity index (χ3n) is 5.05. The first-order valence-electron chi connectivity index (χ1n) is 11.2. The first kappa shape index (κ1) is 23.2. The minimum Gasteiger partial charge on any atom is -0.491 e. The minimum atomic E-state index is -0.717. The minimum absolute atomic E-state index is 0.0848. The zero-order valence-corrected chi connectivity index (χ0v) is 18.5. The predicted octanol–water partition coefficient (Wildman–Crippen LogP) is 3.45. The van der Waals surface area contributed by atoms with Gasteiger partial charge < -0.3 is 29.6 Å². The van der Waals surface area contributed by atoms with Crippen molar-refractivity contribution in [3.8, 4) is 5.75 Å². The number of hydrogen-bond donors (Lipinski definition) is 3. The summed E-state index contributed by atoms with van der Waals surface area (Å²) < 4.78 is 16.9. The summed E-state index contributed by atoms with van der Waals surface area (Å²) in [5, 5.41) is 17.4. The highest BCUT2D eigenvalue weighted by molar-refractivity contribution is 5.79. The molecule has 1 saturated heterocycles. The molecule has 1 aromatic carbocycles. The third-order valence-corrected chi connectivity index (χ3v) is 5.05. The maximum Gasteiger partial charge on any atom is 0.191 e. The first-order chi connectivity index (χ1) is 15.1. The van der Waals surface area contributed by atoms with Gasteiger partial charge in [-0.15, -0.1) is 0 Å². The van der Waals surface area contributed by atoms with Gasteiger partial charge in [0.15, 0.2) is 5.96 Å². The van der Waals surface area contributed by atoms with Crippen molar-refractivity contribution in [2.75, 3.05) is 26.2 Å². The molecule has 31 heavy (non-hydrogen) atoms. The fraction of sp³-hybridized carbons (Fsp3) is 0.542. The molecule has 7 heteroatoms. The van der Waals surface area contributed by atoms with Crippen molar-refractivity contribution in [3.63, 3.8) is 0 Å². The summed E-state index contributed by atoms with van der Waals surface area (Å²) in [7, 11) is 0. The number of aliphatic hydroxyl groups excluding tert-OH is 1. The SMILES string of the molecule is CC(C)Oc1cccc(C(O)CN=C(NCCc2ccco2)NCC2CCCCO2)c1. The molecule has 2 aromatic rings. The quantitative estimate of drug-likeness (QED) is 0.396. The van der Waals surface area contributed by atoms with Crippen molar-refractivity contribution >= 4 is 5.96 Å². The number of nitrogens with zero attached hydrogens (tertiary/aromatic N) is 1. The number of aliphatic hydroxyl groups is 1. The van der Waals surface area contributed by atoms with Crippen LogP contribution in [0.4, 0.5) is 0 Å². The van der Waals surface area contributed by atoms with Crippen molar-refractivity contribution in [1.29, 1.82) is 0 Å². The molecule has 0 amide bonds. The number of rotatable bonds is 10. The molecule has 170 valence electrons. The Morgan fingerprint density at radius 1 is 1.23 bits per heavy atom. The van der Waals surface area contributed by atoms with Crippen LogP contribution in [0.5, 0.6) is 5.75 Å². The van der Waals surface area contributed by atoms with Crippen LogP contribution < -0.4 is 15.4 Å². The summed E-state index contributed by atoms with van der Waals surface area (Å²) in [6.07, 6.45) is 5.37. The fourth-order valence-corrected chi connectivity index (χ4v) is 3.46. The lowest BCUT2D eigenvalue weighted by Crippen LogP contribution is -2.43. The first-order valence-corrected chi connectivity index (χ1v) is 11.2. The molecule has 0 saturated carbocycles. The second kappa shape index (κ2) is 12.4. The zero-order valence-electron chi connectivity index (χ0n) is 18.5. The van der Waals surface area contributed by atoms with E-state index in [1.807, 2.05) is 50.2 Å². The Balaban J connectivity index is 1.57. The van der Waals surface area contributed by atoms with Gasteiger partial charge in [-0.05, 0) is 62.9 Å². The van der Waals surface area contributed by atoms with Gasteiger partial charge in [-0.2, -0.15) is 0 Å². The zero-order chi connectivity index (χ0) is 21.9.